The van der Waals surface area contributed by atoms with Gasteiger partial charge in [0.1, 0.15) is 5.69 Å². The highest BCUT2D eigenvalue weighted by atomic mass is 15.3. The third-order valence-corrected chi connectivity index (χ3v) is 3.05. The summed E-state index contributed by atoms with van der Waals surface area (Å²) in [6, 6.07) is 17.8. The minimum absolute atomic E-state index is 0.685. The van der Waals surface area contributed by atoms with Crippen molar-refractivity contribution >= 4 is 5.65 Å². The number of pyridine rings is 1. The molecule has 4 rings (SSSR count). The van der Waals surface area contributed by atoms with Crippen molar-refractivity contribution in [2.75, 3.05) is 0 Å². The van der Waals surface area contributed by atoms with Crippen LogP contribution in [-0.4, -0.2) is 19.6 Å². The van der Waals surface area contributed by atoms with Crippen molar-refractivity contribution < 1.29 is 0 Å². The highest BCUT2D eigenvalue weighted by Crippen LogP contribution is 2.25. The largest absolute Gasteiger partial charge is 0.226 e. The topological polar surface area (TPSA) is 43.1 Å². The van der Waals surface area contributed by atoms with Crippen molar-refractivity contribution in [2.24, 2.45) is 0 Å². The molecule has 0 N–H and O–H groups in total. The molecule has 2 aromatic rings. The van der Waals surface area contributed by atoms with Crippen LogP contribution in [0.2, 0.25) is 0 Å². The van der Waals surface area contributed by atoms with Crippen molar-refractivity contribution in [3.63, 3.8) is 0 Å². The summed E-state index contributed by atoms with van der Waals surface area (Å²) in [6.45, 7) is 0. The van der Waals surface area contributed by atoms with Gasteiger partial charge in [-0.05, 0) is 18.2 Å². The van der Waals surface area contributed by atoms with E-state index in [9.17, 15) is 0 Å². The highest BCUT2D eigenvalue weighted by Gasteiger charge is 2.13. The molecule has 2 aliphatic rings. The predicted molar refractivity (Wildman–Crippen MR) is 72.8 cm³/mol. The van der Waals surface area contributed by atoms with Crippen molar-refractivity contribution in [3.05, 3.63) is 60.8 Å². The van der Waals surface area contributed by atoms with Crippen molar-refractivity contribution in [1.29, 1.82) is 0 Å². The van der Waals surface area contributed by atoms with E-state index in [1.165, 1.54) is 0 Å². The Balaban J connectivity index is 1.97. The first-order chi connectivity index (χ1) is 9.40. The third kappa shape index (κ3) is 1.65. The van der Waals surface area contributed by atoms with Gasteiger partial charge in [0.15, 0.2) is 11.5 Å². The number of hydrogen-bond donors (Lipinski definition) is 0. The number of hydrogen-bond acceptors (Lipinski definition) is 3. The van der Waals surface area contributed by atoms with Crippen LogP contribution in [0.1, 0.15) is 0 Å². The second kappa shape index (κ2) is 3.88. The number of benzene rings is 1. The van der Waals surface area contributed by atoms with Crippen LogP contribution < -0.4 is 0 Å². The molecule has 3 heterocycles. The van der Waals surface area contributed by atoms with Gasteiger partial charge in [-0.2, -0.15) is 5.10 Å². The zero-order valence-corrected chi connectivity index (χ0v) is 10.1. The molecule has 0 fully saturated rings. The fraction of sp³-hybridized carbons (Fsp3) is 0. The van der Waals surface area contributed by atoms with E-state index >= 15 is 0 Å². The molecule has 0 atom stereocenters. The Morgan fingerprint density at radius 1 is 0.789 bits per heavy atom. The second-order valence-corrected chi connectivity index (χ2v) is 4.33. The summed E-state index contributed by atoms with van der Waals surface area (Å²) in [7, 11) is 0. The molecule has 0 unspecified atom stereocenters. The summed E-state index contributed by atoms with van der Waals surface area (Å²) in [6.07, 6.45) is 1.89. The summed E-state index contributed by atoms with van der Waals surface area (Å²) in [5.41, 5.74) is 3.60. The van der Waals surface area contributed by atoms with Crippen LogP contribution in [0.5, 0.6) is 0 Å². The molecule has 4 nitrogen and oxygen atoms in total. The quantitative estimate of drug-likeness (QED) is 0.518. The molecular formula is C15H10N4. The molecule has 19 heavy (non-hydrogen) atoms. The van der Waals surface area contributed by atoms with Crippen LogP contribution in [0.25, 0.3) is 28.4 Å². The summed E-state index contributed by atoms with van der Waals surface area (Å²) < 4.78 is 1.76. The molecule has 0 saturated heterocycles. The molecule has 0 amide bonds. The van der Waals surface area contributed by atoms with Gasteiger partial charge in [-0.15, -0.1) is 0 Å². The summed E-state index contributed by atoms with van der Waals surface area (Å²) in [4.78, 5) is 9.06. The minimum Gasteiger partial charge on any atom is -0.226 e. The zero-order valence-electron chi connectivity index (χ0n) is 10.1. The van der Waals surface area contributed by atoms with Crippen LogP contribution in [0.3, 0.4) is 0 Å². The number of aromatic nitrogens is 4. The maximum Gasteiger partial charge on any atom is 0.182 e. The van der Waals surface area contributed by atoms with Crippen LogP contribution >= 0.6 is 0 Å². The van der Waals surface area contributed by atoms with Crippen molar-refractivity contribution in [2.45, 2.75) is 0 Å². The van der Waals surface area contributed by atoms with Crippen molar-refractivity contribution in [1.82, 2.24) is 19.6 Å². The van der Waals surface area contributed by atoms with E-state index < -0.39 is 0 Å². The van der Waals surface area contributed by atoms with Gasteiger partial charge in [0.05, 0.1) is 5.69 Å². The van der Waals surface area contributed by atoms with E-state index in [0.29, 0.717) is 5.82 Å². The van der Waals surface area contributed by atoms with E-state index in [1.54, 1.807) is 4.52 Å². The van der Waals surface area contributed by atoms with Gasteiger partial charge in [-0.1, -0.05) is 36.4 Å². The first-order valence-corrected chi connectivity index (χ1v) is 6.08. The van der Waals surface area contributed by atoms with Crippen LogP contribution in [0.4, 0.5) is 0 Å². The Kier molecular flexibility index (Phi) is 2.08. The molecule has 90 valence electrons. The van der Waals surface area contributed by atoms with Gasteiger partial charge in [-0.3, -0.25) is 0 Å². The molecule has 4 heteroatoms. The SMILES string of the molecule is c1ccc(-c2cc3nn4ccccc4nc-3n2)cc1. The molecule has 0 saturated carbocycles. The first kappa shape index (κ1) is 10.2. The molecule has 1 aromatic heterocycles. The minimum atomic E-state index is 0.685. The Morgan fingerprint density at radius 2 is 1.63 bits per heavy atom. The standard InChI is InChI=1S/C15H10N4/c1-2-6-11(7-3-1)12-10-13-15(16-12)17-14-8-4-5-9-19(14)18-13/h1-10H. The lowest BCUT2D eigenvalue weighted by atomic mass is 10.2. The Labute approximate surface area is 109 Å². The van der Waals surface area contributed by atoms with Gasteiger partial charge in [-0.25, -0.2) is 14.5 Å². The zero-order chi connectivity index (χ0) is 12.7. The van der Waals surface area contributed by atoms with Gasteiger partial charge >= 0.3 is 0 Å². The summed E-state index contributed by atoms with van der Waals surface area (Å²) in [5.74, 6) is 0.685. The van der Waals surface area contributed by atoms with Gasteiger partial charge in [0, 0.05) is 11.8 Å². The van der Waals surface area contributed by atoms with Gasteiger partial charge in [0.2, 0.25) is 0 Å². The molecule has 0 aliphatic carbocycles. The lowest BCUT2D eigenvalue weighted by Gasteiger charge is -2.00. The molecular weight excluding hydrogens is 236 g/mol. The predicted octanol–water partition coefficient (Wildman–Crippen LogP) is 2.90. The van der Waals surface area contributed by atoms with E-state index in [0.717, 1.165) is 22.6 Å². The van der Waals surface area contributed by atoms with Crippen LogP contribution in [-0.2, 0) is 0 Å². The average Bonchev–Trinajstić information content (AvgIpc) is 2.88. The van der Waals surface area contributed by atoms with E-state index in [1.807, 2.05) is 60.8 Å². The van der Waals surface area contributed by atoms with E-state index in [-0.39, 0.29) is 0 Å². The Bertz CT molecular complexity index is 770. The first-order valence-electron chi connectivity index (χ1n) is 6.08. The lowest BCUT2D eigenvalue weighted by molar-refractivity contribution is 0.896. The summed E-state index contributed by atoms with van der Waals surface area (Å²) >= 11 is 0. The normalized spacial score (nSPS) is 11.2. The Hall–Kier alpha value is -2.75. The average molecular weight is 246 g/mol. The van der Waals surface area contributed by atoms with Crippen LogP contribution in [0.15, 0.2) is 60.8 Å². The maximum absolute atomic E-state index is 4.55. The number of rotatable bonds is 1. The number of nitrogens with zero attached hydrogens (tertiary/aromatic N) is 4. The van der Waals surface area contributed by atoms with Crippen LogP contribution in [0, 0.1) is 0 Å². The number of fused-ring (bicyclic) bond motifs is 2. The van der Waals surface area contributed by atoms with Gasteiger partial charge in [0.25, 0.3) is 0 Å². The molecule has 0 radical (unpaired) electrons. The molecule has 0 bridgehead atoms. The highest BCUT2D eigenvalue weighted by molar-refractivity contribution is 5.69. The third-order valence-electron chi connectivity index (χ3n) is 3.05. The second-order valence-electron chi connectivity index (χ2n) is 4.33. The molecule has 0 spiro atoms. The lowest BCUT2D eigenvalue weighted by Crippen LogP contribution is -1.99. The van der Waals surface area contributed by atoms with Gasteiger partial charge < -0.3 is 0 Å². The van der Waals surface area contributed by atoms with Crippen molar-refractivity contribution in [3.8, 4) is 22.8 Å². The maximum atomic E-state index is 4.55. The molecule has 2 aliphatic heterocycles. The summed E-state index contributed by atoms with van der Waals surface area (Å²) in [5, 5.41) is 4.52. The fourth-order valence-electron chi connectivity index (χ4n) is 2.13. The monoisotopic (exact) mass is 246 g/mol. The fourth-order valence-corrected chi connectivity index (χ4v) is 2.13. The smallest absolute Gasteiger partial charge is 0.182 e. The molecule has 1 aromatic carbocycles. The van der Waals surface area contributed by atoms with E-state index in [4.69, 9.17) is 0 Å². The van der Waals surface area contributed by atoms with E-state index in [2.05, 4.69) is 15.1 Å². The Morgan fingerprint density at radius 3 is 2.53 bits per heavy atom.